The number of rotatable bonds is 4. The van der Waals surface area contributed by atoms with Crippen LogP contribution in [0, 0.1) is 0 Å². The summed E-state index contributed by atoms with van der Waals surface area (Å²) in [7, 11) is 0. The van der Waals surface area contributed by atoms with Gasteiger partial charge in [0.25, 0.3) is 0 Å². The van der Waals surface area contributed by atoms with E-state index >= 15 is 0 Å². The molecule has 1 fully saturated rings. The van der Waals surface area contributed by atoms with Gasteiger partial charge in [-0.25, -0.2) is 0 Å². The number of halogens is 4. The highest BCUT2D eigenvalue weighted by atomic mass is 79.9. The van der Waals surface area contributed by atoms with Crippen LogP contribution in [0.1, 0.15) is 18.0 Å². The van der Waals surface area contributed by atoms with E-state index in [1.165, 1.54) is 0 Å². The summed E-state index contributed by atoms with van der Waals surface area (Å²) in [4.78, 5) is 2.34. The Morgan fingerprint density at radius 2 is 2.05 bits per heavy atom. The van der Waals surface area contributed by atoms with Gasteiger partial charge in [-0.3, -0.25) is 9.29 Å². The summed E-state index contributed by atoms with van der Waals surface area (Å²) in [6.45, 7) is 3.55. The van der Waals surface area contributed by atoms with Crippen molar-refractivity contribution in [1.29, 1.82) is 0 Å². The zero-order valence-corrected chi connectivity index (χ0v) is 13.7. The Morgan fingerprint density at radius 1 is 1.37 bits per heavy atom. The predicted molar refractivity (Wildman–Crippen MR) is 84.2 cm³/mol. The van der Waals surface area contributed by atoms with Crippen molar-refractivity contribution in [3.8, 4) is 0 Å². The maximum absolute atomic E-state index is 12.8. The van der Waals surface area contributed by atoms with Crippen LogP contribution in [0.15, 0.2) is 22.7 Å². The van der Waals surface area contributed by atoms with Crippen LogP contribution in [0.3, 0.4) is 0 Å². The van der Waals surface area contributed by atoms with E-state index in [1.54, 1.807) is 0 Å². The van der Waals surface area contributed by atoms with Crippen LogP contribution < -0.4 is 5.32 Å². The van der Waals surface area contributed by atoms with E-state index in [1.807, 2.05) is 18.2 Å². The molecule has 0 unspecified atom stereocenters. The lowest BCUT2D eigenvalue weighted by Crippen LogP contribution is -2.45. The molecule has 1 saturated heterocycles. The fourth-order valence-electron chi connectivity index (χ4n) is 2.40. The van der Waals surface area contributed by atoms with Gasteiger partial charge in [0.1, 0.15) is 0 Å². The standard InChI is InChI=1S/C13H17BrClFN2.ClH/c14-12-9-10(15)1-2-11(12)13(3-4-16)18-7-5-17-6-8-18;/h1-2,9,13,17H,3-8H2;1H/t13-;/m1./s1. The molecular weight excluding hydrogens is 354 g/mol. The minimum absolute atomic E-state index is 0. The van der Waals surface area contributed by atoms with Crippen molar-refractivity contribution in [2.45, 2.75) is 12.5 Å². The smallest absolute Gasteiger partial charge is 0.0912 e. The fourth-order valence-corrected chi connectivity index (χ4v) is 3.35. The van der Waals surface area contributed by atoms with E-state index in [4.69, 9.17) is 11.6 Å². The van der Waals surface area contributed by atoms with Crippen molar-refractivity contribution >= 4 is 39.9 Å². The monoisotopic (exact) mass is 370 g/mol. The lowest BCUT2D eigenvalue weighted by atomic mass is 10.0. The molecule has 1 aliphatic heterocycles. The first-order valence-electron chi connectivity index (χ1n) is 6.18. The molecule has 2 nitrogen and oxygen atoms in total. The Balaban J connectivity index is 0.00000180. The van der Waals surface area contributed by atoms with Gasteiger partial charge in [0.2, 0.25) is 0 Å². The number of nitrogens with zero attached hydrogens (tertiary/aromatic N) is 1. The first-order valence-corrected chi connectivity index (χ1v) is 7.35. The van der Waals surface area contributed by atoms with Crippen molar-refractivity contribution in [3.63, 3.8) is 0 Å². The molecule has 2 rings (SSSR count). The Labute approximate surface area is 133 Å². The minimum Gasteiger partial charge on any atom is -0.314 e. The second kappa shape index (κ2) is 8.42. The van der Waals surface area contributed by atoms with Gasteiger partial charge in [-0.05, 0) is 24.1 Å². The van der Waals surface area contributed by atoms with Gasteiger partial charge >= 0.3 is 0 Å². The van der Waals surface area contributed by atoms with Crippen molar-refractivity contribution < 1.29 is 4.39 Å². The highest BCUT2D eigenvalue weighted by Crippen LogP contribution is 2.32. The van der Waals surface area contributed by atoms with Gasteiger partial charge in [0, 0.05) is 41.7 Å². The van der Waals surface area contributed by atoms with E-state index in [-0.39, 0.29) is 25.1 Å². The van der Waals surface area contributed by atoms with Gasteiger partial charge < -0.3 is 5.32 Å². The van der Waals surface area contributed by atoms with Crippen LogP contribution in [-0.4, -0.2) is 37.8 Å². The third-order valence-corrected chi connectivity index (χ3v) is 4.22. The molecule has 0 aromatic heterocycles. The highest BCUT2D eigenvalue weighted by molar-refractivity contribution is 9.10. The summed E-state index contributed by atoms with van der Waals surface area (Å²) < 4.78 is 13.8. The number of hydrogen-bond acceptors (Lipinski definition) is 2. The molecule has 1 atom stereocenters. The van der Waals surface area contributed by atoms with Crippen LogP contribution in [-0.2, 0) is 0 Å². The van der Waals surface area contributed by atoms with Crippen LogP contribution in [0.4, 0.5) is 4.39 Å². The third kappa shape index (κ3) is 4.57. The molecule has 0 aliphatic carbocycles. The van der Waals surface area contributed by atoms with E-state index < -0.39 is 0 Å². The van der Waals surface area contributed by atoms with Crippen molar-refractivity contribution in [3.05, 3.63) is 33.3 Å². The number of nitrogens with one attached hydrogen (secondary N) is 1. The third-order valence-electron chi connectivity index (χ3n) is 3.30. The topological polar surface area (TPSA) is 15.3 Å². The molecule has 1 aromatic rings. The fraction of sp³-hybridized carbons (Fsp3) is 0.538. The van der Waals surface area contributed by atoms with Gasteiger partial charge in [-0.15, -0.1) is 12.4 Å². The molecule has 0 spiro atoms. The quantitative estimate of drug-likeness (QED) is 0.865. The van der Waals surface area contributed by atoms with Crippen LogP contribution in [0.25, 0.3) is 0 Å². The average Bonchev–Trinajstić information content (AvgIpc) is 2.38. The van der Waals surface area contributed by atoms with E-state index in [9.17, 15) is 4.39 Å². The van der Waals surface area contributed by atoms with Crippen LogP contribution >= 0.6 is 39.9 Å². The predicted octanol–water partition coefficient (Wildman–Crippen LogP) is 3.83. The van der Waals surface area contributed by atoms with E-state index in [0.717, 1.165) is 36.2 Å². The van der Waals surface area contributed by atoms with Crippen LogP contribution in [0.2, 0.25) is 5.02 Å². The number of piperazine rings is 1. The van der Waals surface area contributed by atoms with Gasteiger partial charge in [-0.2, -0.15) is 0 Å². The second-order valence-electron chi connectivity index (χ2n) is 4.45. The lowest BCUT2D eigenvalue weighted by molar-refractivity contribution is 0.157. The Hall–Kier alpha value is 0.130. The molecule has 1 heterocycles. The summed E-state index contributed by atoms with van der Waals surface area (Å²) in [5.41, 5.74) is 1.12. The van der Waals surface area contributed by atoms with Gasteiger partial charge in [-0.1, -0.05) is 33.6 Å². The maximum Gasteiger partial charge on any atom is 0.0912 e. The number of alkyl halides is 1. The second-order valence-corrected chi connectivity index (χ2v) is 5.74. The molecule has 0 saturated carbocycles. The molecule has 108 valence electrons. The van der Waals surface area contributed by atoms with Gasteiger partial charge in [0.15, 0.2) is 0 Å². The summed E-state index contributed by atoms with van der Waals surface area (Å²) in [6.07, 6.45) is 0.528. The lowest BCUT2D eigenvalue weighted by Gasteiger charge is -2.35. The minimum atomic E-state index is -0.302. The van der Waals surface area contributed by atoms with E-state index in [0.29, 0.717) is 11.4 Å². The van der Waals surface area contributed by atoms with Crippen LogP contribution in [0.5, 0.6) is 0 Å². The molecule has 0 radical (unpaired) electrons. The molecule has 0 amide bonds. The number of benzene rings is 1. The Kier molecular flexibility index (Phi) is 7.62. The zero-order chi connectivity index (χ0) is 13.0. The van der Waals surface area contributed by atoms with Gasteiger partial charge in [0.05, 0.1) is 6.67 Å². The average molecular weight is 372 g/mol. The zero-order valence-electron chi connectivity index (χ0n) is 10.5. The summed E-state index contributed by atoms with van der Waals surface area (Å²) in [6, 6.07) is 5.87. The van der Waals surface area contributed by atoms with Crippen molar-refractivity contribution in [2.24, 2.45) is 0 Å². The summed E-state index contributed by atoms with van der Waals surface area (Å²) in [5, 5.41) is 4.02. The Bertz CT molecular complexity index is 400. The first kappa shape index (κ1) is 17.2. The Morgan fingerprint density at radius 3 is 2.63 bits per heavy atom. The molecule has 6 heteroatoms. The molecule has 1 N–H and O–H groups in total. The van der Waals surface area contributed by atoms with Crippen molar-refractivity contribution in [1.82, 2.24) is 10.2 Å². The SMILES string of the molecule is Cl.FCC[C@H](c1ccc(Cl)cc1Br)N1CCNCC1. The summed E-state index contributed by atoms with van der Waals surface area (Å²) >= 11 is 9.49. The maximum atomic E-state index is 12.8. The first-order chi connectivity index (χ1) is 8.72. The van der Waals surface area contributed by atoms with E-state index in [2.05, 4.69) is 26.1 Å². The molecular formula is C13H18BrCl2FN2. The largest absolute Gasteiger partial charge is 0.314 e. The normalized spacial score (nSPS) is 17.8. The highest BCUT2D eigenvalue weighted by Gasteiger charge is 2.23. The molecule has 1 aromatic carbocycles. The molecule has 19 heavy (non-hydrogen) atoms. The molecule has 1 aliphatic rings. The summed E-state index contributed by atoms with van der Waals surface area (Å²) in [5.74, 6) is 0. The van der Waals surface area contributed by atoms with Crippen molar-refractivity contribution in [2.75, 3.05) is 32.9 Å². The molecule has 0 bridgehead atoms. The number of hydrogen-bond donors (Lipinski definition) is 1.